The number of aromatic hydroxyl groups is 2. The molecule has 7 heteroatoms. The third kappa shape index (κ3) is 13.2. The Morgan fingerprint density at radius 3 is 1.45 bits per heavy atom. The second kappa shape index (κ2) is 20.4. The Morgan fingerprint density at radius 2 is 1.06 bits per heavy atom. The number of benzene rings is 2. The lowest BCUT2D eigenvalue weighted by Gasteiger charge is -2.34. The number of nitrogens with one attached hydrogen (secondary N) is 1. The van der Waals surface area contributed by atoms with E-state index in [9.17, 15) is 24.6 Å². The fraction of sp³-hybridized carbons (Fsp3) is 0.674. The van der Waals surface area contributed by atoms with Crippen molar-refractivity contribution in [3.05, 3.63) is 58.7 Å². The Hall–Kier alpha value is -3.35. The molecule has 7 nitrogen and oxygen atoms in total. The molecule has 1 atom stereocenters. The zero-order chi connectivity index (χ0) is 39.2. The number of phenols is 2. The first kappa shape index (κ1) is 44.0. The third-order valence-electron chi connectivity index (χ3n) is 11.3. The molecule has 1 saturated heterocycles. The van der Waals surface area contributed by atoms with Crippen LogP contribution in [0.1, 0.15) is 200 Å². The molecule has 0 aliphatic carbocycles. The number of imide groups is 1. The molecule has 0 aromatic heterocycles. The lowest BCUT2D eigenvalue weighted by Crippen LogP contribution is -2.48. The van der Waals surface area contributed by atoms with E-state index in [2.05, 4.69) is 12.3 Å². The molecule has 1 aliphatic rings. The van der Waals surface area contributed by atoms with Gasteiger partial charge in [0.15, 0.2) is 0 Å². The van der Waals surface area contributed by atoms with Crippen molar-refractivity contribution in [1.29, 1.82) is 0 Å². The van der Waals surface area contributed by atoms with Crippen LogP contribution in [0.5, 0.6) is 11.5 Å². The summed E-state index contributed by atoms with van der Waals surface area (Å²) < 4.78 is 0. The molecule has 3 amide bonds. The number of unbranched alkanes of at least 4 members (excludes halogenated alkanes) is 15. The van der Waals surface area contributed by atoms with Crippen molar-refractivity contribution in [2.75, 3.05) is 0 Å². The fourth-order valence-corrected chi connectivity index (χ4v) is 7.79. The van der Waals surface area contributed by atoms with Gasteiger partial charge in [-0.15, -0.1) is 0 Å². The molecule has 1 unspecified atom stereocenters. The van der Waals surface area contributed by atoms with Gasteiger partial charge in [-0.05, 0) is 51.6 Å². The summed E-state index contributed by atoms with van der Waals surface area (Å²) in [7, 11) is 0. The topological polar surface area (TPSA) is 107 Å². The van der Waals surface area contributed by atoms with Gasteiger partial charge in [0, 0.05) is 24.2 Å². The van der Waals surface area contributed by atoms with Gasteiger partial charge in [0.25, 0.3) is 5.91 Å². The minimum Gasteiger partial charge on any atom is -0.508 e. The number of hydrazine groups is 1. The van der Waals surface area contributed by atoms with Gasteiger partial charge in [-0.1, -0.05) is 182 Å². The maximum absolute atomic E-state index is 13.8. The monoisotopic (exact) mass is 733 g/mol. The smallest absolute Gasteiger partial charge is 0.251 e. The van der Waals surface area contributed by atoms with Gasteiger partial charge in [-0.3, -0.25) is 19.8 Å². The Bertz CT molecular complexity index is 1420. The van der Waals surface area contributed by atoms with Gasteiger partial charge in [0.1, 0.15) is 11.5 Å². The SMILES string of the molecule is CCCCCCCCCCCCCCCCCCC1CC(=O)N(NC(=O)CC(C)(c2ccc(O)c(C(C)(C)C)c2)c2ccc(O)c(C(C)(C)C)c2)C1=O. The van der Waals surface area contributed by atoms with Crippen molar-refractivity contribution in [1.82, 2.24) is 10.4 Å². The first-order valence-electron chi connectivity index (χ1n) is 20.8. The quantitative estimate of drug-likeness (QED) is 0.0825. The lowest BCUT2D eigenvalue weighted by molar-refractivity contribution is -0.149. The lowest BCUT2D eigenvalue weighted by atomic mass is 9.70. The van der Waals surface area contributed by atoms with E-state index in [4.69, 9.17) is 0 Å². The first-order valence-corrected chi connectivity index (χ1v) is 20.8. The van der Waals surface area contributed by atoms with Crippen LogP contribution >= 0.6 is 0 Å². The van der Waals surface area contributed by atoms with E-state index >= 15 is 0 Å². The van der Waals surface area contributed by atoms with Gasteiger partial charge in [-0.2, -0.15) is 5.01 Å². The van der Waals surface area contributed by atoms with Crippen LogP contribution in [0.2, 0.25) is 0 Å². The van der Waals surface area contributed by atoms with Crippen LogP contribution in [0.25, 0.3) is 0 Å². The average molecular weight is 733 g/mol. The summed E-state index contributed by atoms with van der Waals surface area (Å²) in [6.07, 6.45) is 21.3. The summed E-state index contributed by atoms with van der Waals surface area (Å²) in [5.74, 6) is -1.20. The van der Waals surface area contributed by atoms with Gasteiger partial charge < -0.3 is 10.2 Å². The summed E-state index contributed by atoms with van der Waals surface area (Å²) in [6, 6.07) is 10.8. The predicted molar refractivity (Wildman–Crippen MR) is 217 cm³/mol. The number of hydrogen-bond acceptors (Lipinski definition) is 5. The van der Waals surface area contributed by atoms with Crippen molar-refractivity contribution >= 4 is 17.7 Å². The molecular formula is C46H72N2O5. The molecule has 53 heavy (non-hydrogen) atoms. The van der Waals surface area contributed by atoms with Crippen molar-refractivity contribution in [3.8, 4) is 11.5 Å². The van der Waals surface area contributed by atoms with Crippen LogP contribution in [-0.4, -0.2) is 32.9 Å². The number of hydrogen-bond donors (Lipinski definition) is 3. The zero-order valence-electron chi connectivity index (χ0n) is 34.5. The molecule has 2 aromatic rings. The van der Waals surface area contributed by atoms with Crippen molar-refractivity contribution in [3.63, 3.8) is 0 Å². The van der Waals surface area contributed by atoms with E-state index in [1.807, 2.05) is 72.7 Å². The molecule has 1 fully saturated rings. The molecule has 0 spiro atoms. The molecule has 1 heterocycles. The number of nitrogens with zero attached hydrogens (tertiary/aromatic N) is 1. The highest BCUT2D eigenvalue weighted by Gasteiger charge is 2.41. The van der Waals surface area contributed by atoms with E-state index in [1.165, 1.54) is 83.5 Å². The van der Waals surface area contributed by atoms with Crippen LogP contribution in [0.4, 0.5) is 0 Å². The van der Waals surface area contributed by atoms with E-state index in [0.29, 0.717) is 6.42 Å². The van der Waals surface area contributed by atoms with Crippen LogP contribution in [0.15, 0.2) is 36.4 Å². The summed E-state index contributed by atoms with van der Waals surface area (Å²) in [5.41, 5.74) is 4.15. The highest BCUT2D eigenvalue weighted by Crippen LogP contribution is 2.43. The second-order valence-electron chi connectivity index (χ2n) is 18.1. The maximum atomic E-state index is 13.8. The third-order valence-corrected chi connectivity index (χ3v) is 11.3. The molecular weight excluding hydrogens is 661 g/mol. The Balaban J connectivity index is 1.54. The highest BCUT2D eigenvalue weighted by molar-refractivity contribution is 6.04. The van der Waals surface area contributed by atoms with Crippen molar-refractivity contribution in [2.24, 2.45) is 5.92 Å². The largest absolute Gasteiger partial charge is 0.508 e. The van der Waals surface area contributed by atoms with Crippen LogP contribution < -0.4 is 5.43 Å². The molecule has 0 radical (unpaired) electrons. The number of phenolic OH excluding ortho intramolecular Hbond substituents is 2. The Kier molecular flexibility index (Phi) is 16.9. The van der Waals surface area contributed by atoms with Gasteiger partial charge >= 0.3 is 0 Å². The van der Waals surface area contributed by atoms with E-state index < -0.39 is 17.2 Å². The van der Waals surface area contributed by atoms with Crippen LogP contribution in [0.3, 0.4) is 0 Å². The fourth-order valence-electron chi connectivity index (χ4n) is 7.79. The molecule has 3 N–H and O–H groups in total. The summed E-state index contributed by atoms with van der Waals surface area (Å²) in [4.78, 5) is 40.2. The molecule has 0 bridgehead atoms. The van der Waals surface area contributed by atoms with Crippen molar-refractivity contribution < 1.29 is 24.6 Å². The Morgan fingerprint density at radius 1 is 0.660 bits per heavy atom. The number of carbonyl (C=O) groups excluding carboxylic acids is 3. The minimum atomic E-state index is -0.912. The van der Waals surface area contributed by atoms with Gasteiger partial charge in [0.2, 0.25) is 11.8 Å². The highest BCUT2D eigenvalue weighted by atomic mass is 16.3. The molecule has 1 aliphatic heterocycles. The van der Waals surface area contributed by atoms with Crippen LogP contribution in [0, 0.1) is 5.92 Å². The molecule has 3 rings (SSSR count). The molecule has 0 saturated carbocycles. The number of amides is 3. The second-order valence-corrected chi connectivity index (χ2v) is 18.1. The van der Waals surface area contributed by atoms with E-state index in [0.717, 1.165) is 46.5 Å². The number of carbonyl (C=O) groups is 3. The maximum Gasteiger partial charge on any atom is 0.251 e. The predicted octanol–water partition coefficient (Wildman–Crippen LogP) is 11.4. The Labute approximate surface area is 321 Å². The summed E-state index contributed by atoms with van der Waals surface area (Å²) in [6.45, 7) is 16.4. The first-order chi connectivity index (χ1) is 25.0. The molecule has 296 valence electrons. The van der Waals surface area contributed by atoms with E-state index in [-0.39, 0.29) is 47.0 Å². The summed E-state index contributed by atoms with van der Waals surface area (Å²) >= 11 is 0. The average Bonchev–Trinajstić information content (AvgIpc) is 3.34. The summed E-state index contributed by atoms with van der Waals surface area (Å²) in [5, 5.41) is 22.4. The molecule has 2 aromatic carbocycles. The van der Waals surface area contributed by atoms with Crippen molar-refractivity contribution in [2.45, 2.75) is 194 Å². The normalized spacial score (nSPS) is 15.4. The van der Waals surface area contributed by atoms with Crippen LogP contribution in [-0.2, 0) is 30.6 Å². The van der Waals surface area contributed by atoms with E-state index in [1.54, 1.807) is 12.1 Å². The zero-order valence-corrected chi connectivity index (χ0v) is 34.5. The minimum absolute atomic E-state index is 0.0590. The number of rotatable bonds is 22. The standard InChI is InChI=1S/C46H72N2O5/c1-9-10-11-12-13-14-15-16-17-18-19-20-21-22-23-24-25-34-30-42(52)48(43(34)53)47-41(51)33-46(8,35-26-28-39(49)37(31-35)44(2,3)4)36-27-29-40(50)38(32-36)45(5,6)7/h26-29,31-32,34,49-50H,9-25,30,33H2,1-8H3,(H,47,51). The van der Waals surface area contributed by atoms with Gasteiger partial charge in [-0.25, -0.2) is 0 Å². The van der Waals surface area contributed by atoms with Gasteiger partial charge in [0.05, 0.1) is 0 Å².